The smallest absolute Gasteiger partial charge is 0.457 e. The number of allylic oxidation sites excluding steroid dienone is 6. The lowest BCUT2D eigenvalue weighted by Crippen LogP contribution is -2.64. The van der Waals surface area contributed by atoms with Gasteiger partial charge in [-0.05, 0) is 70.6 Å². The molecule has 1 saturated carbocycles. The molecule has 6 N–H and O–H groups in total. The molecule has 0 heterocycles. The van der Waals surface area contributed by atoms with Crippen molar-refractivity contribution >= 4 is 13.8 Å². The first kappa shape index (κ1) is 64.6. The molecule has 1 aliphatic carbocycles. The number of rotatable bonds is 48. The van der Waals surface area contributed by atoms with E-state index in [1.54, 1.807) is 0 Å². The van der Waals surface area contributed by atoms with Crippen LogP contribution in [-0.4, -0.2) is 98.9 Å². The van der Waals surface area contributed by atoms with E-state index in [4.69, 9.17) is 18.5 Å². The van der Waals surface area contributed by atoms with Gasteiger partial charge in [0, 0.05) is 13.0 Å². The largest absolute Gasteiger partial charge is 0.472 e. The Kier molecular flexibility index (Phi) is 43.1. The van der Waals surface area contributed by atoms with Crippen LogP contribution in [0.5, 0.6) is 0 Å². The van der Waals surface area contributed by atoms with Crippen molar-refractivity contribution in [1.82, 2.24) is 0 Å². The summed E-state index contributed by atoms with van der Waals surface area (Å²) in [5.74, 6) is -0.478. The minimum atomic E-state index is -5.03. The van der Waals surface area contributed by atoms with Gasteiger partial charge in [-0.1, -0.05) is 204 Å². The van der Waals surface area contributed by atoms with E-state index in [0.29, 0.717) is 13.0 Å². The molecule has 0 aliphatic heterocycles. The topological polar surface area (TPSA) is 192 Å². The summed E-state index contributed by atoms with van der Waals surface area (Å²) in [7, 11) is -5.03. The molecule has 6 unspecified atom stereocenters. The number of hydrogen-bond acceptors (Lipinski definition) is 11. The van der Waals surface area contributed by atoms with E-state index in [1.165, 1.54) is 173 Å². The summed E-state index contributed by atoms with van der Waals surface area (Å²) in [6, 6.07) is 0. The third kappa shape index (κ3) is 36.5. The molecule has 0 amide bonds. The monoisotopic (exact) mass is 987 g/mol. The average Bonchev–Trinajstić information content (AvgIpc) is 3.32. The molecule has 1 aliphatic rings. The molecule has 1 fully saturated rings. The van der Waals surface area contributed by atoms with Gasteiger partial charge >= 0.3 is 13.8 Å². The molecule has 0 saturated heterocycles. The lowest BCUT2D eigenvalue weighted by molar-refractivity contribution is -0.220. The number of carbonyl (C=O) groups excluding carboxylic acids is 1. The Labute approximate surface area is 414 Å². The second-order valence-corrected chi connectivity index (χ2v) is 20.8. The van der Waals surface area contributed by atoms with E-state index in [2.05, 4.69) is 50.3 Å². The maximum Gasteiger partial charge on any atom is 0.472 e. The normalized spacial score (nSPS) is 21.4. The Morgan fingerprint density at radius 2 is 0.824 bits per heavy atom. The highest BCUT2D eigenvalue weighted by molar-refractivity contribution is 7.47. The van der Waals surface area contributed by atoms with Crippen molar-refractivity contribution in [1.29, 1.82) is 0 Å². The molecule has 0 aromatic rings. The van der Waals surface area contributed by atoms with Crippen LogP contribution in [0.1, 0.15) is 245 Å². The van der Waals surface area contributed by atoms with Crippen LogP contribution in [0.2, 0.25) is 0 Å². The number of carbonyl (C=O) groups is 1. The highest BCUT2D eigenvalue weighted by Gasteiger charge is 2.51. The van der Waals surface area contributed by atoms with Crippen LogP contribution in [-0.2, 0) is 27.9 Å². The number of aliphatic hydroxyl groups excluding tert-OH is 5. The van der Waals surface area contributed by atoms with Crippen molar-refractivity contribution in [3.63, 3.8) is 0 Å². The Hall–Kier alpha value is -1.44. The first-order valence-electron chi connectivity index (χ1n) is 27.8. The maximum atomic E-state index is 12.9. The molecular formula is C55H103O12P. The zero-order valence-electron chi connectivity index (χ0n) is 43.2. The Morgan fingerprint density at radius 3 is 1.25 bits per heavy atom. The highest BCUT2D eigenvalue weighted by Crippen LogP contribution is 2.47. The molecule has 1 rings (SSSR count). The van der Waals surface area contributed by atoms with Crippen molar-refractivity contribution in [3.8, 4) is 0 Å². The van der Waals surface area contributed by atoms with Crippen molar-refractivity contribution in [2.24, 2.45) is 0 Å². The summed E-state index contributed by atoms with van der Waals surface area (Å²) >= 11 is 0. The van der Waals surface area contributed by atoms with Crippen LogP contribution in [0.3, 0.4) is 0 Å². The maximum absolute atomic E-state index is 12.9. The Bertz CT molecular complexity index is 1260. The van der Waals surface area contributed by atoms with Crippen LogP contribution in [0.15, 0.2) is 36.5 Å². The van der Waals surface area contributed by atoms with Crippen molar-refractivity contribution in [3.05, 3.63) is 36.5 Å². The standard InChI is InChI=1S/C55H103O12P/c1-3-5-7-9-11-13-15-17-19-21-23-24-25-26-27-28-30-32-34-36-38-40-42-44-49(56)66-48(47-65-68(62,63)67-55-53(60)51(58)50(57)52(59)54(55)61)46-64-45-43-41-39-37-35-33-31-29-22-20-18-16-14-12-10-8-6-4-2/h15,17-18,20-21,23,48,50-55,57-61H,3-14,16,19,22,24-47H2,1-2H3,(H,62,63)/b17-15-,20-18-,23-21-. The van der Waals surface area contributed by atoms with Crippen LogP contribution < -0.4 is 0 Å². The number of aliphatic hydroxyl groups is 5. The number of ether oxygens (including phenoxy) is 2. The van der Waals surface area contributed by atoms with Crippen LogP contribution in [0.25, 0.3) is 0 Å². The molecule has 0 bridgehead atoms. The molecule has 0 aromatic heterocycles. The summed E-state index contributed by atoms with van der Waals surface area (Å²) in [5.41, 5.74) is 0. The molecule has 68 heavy (non-hydrogen) atoms. The molecule has 0 aromatic carbocycles. The molecule has 0 radical (unpaired) electrons. The second-order valence-electron chi connectivity index (χ2n) is 19.4. The van der Waals surface area contributed by atoms with Crippen molar-refractivity contribution in [2.45, 2.75) is 288 Å². The van der Waals surface area contributed by atoms with Gasteiger partial charge in [-0.3, -0.25) is 13.8 Å². The van der Waals surface area contributed by atoms with Gasteiger partial charge in [0.25, 0.3) is 0 Å². The van der Waals surface area contributed by atoms with Crippen molar-refractivity contribution < 1.29 is 58.3 Å². The van der Waals surface area contributed by atoms with Gasteiger partial charge in [0.1, 0.15) is 42.7 Å². The molecule has 400 valence electrons. The van der Waals surface area contributed by atoms with E-state index in [-0.39, 0.29) is 13.0 Å². The molecule has 12 nitrogen and oxygen atoms in total. The molecule has 0 spiro atoms. The molecule has 6 atom stereocenters. The van der Waals surface area contributed by atoms with Gasteiger partial charge in [-0.2, -0.15) is 0 Å². The van der Waals surface area contributed by atoms with Gasteiger partial charge in [-0.15, -0.1) is 0 Å². The van der Waals surface area contributed by atoms with Gasteiger partial charge in [0.05, 0.1) is 13.2 Å². The van der Waals surface area contributed by atoms with Crippen LogP contribution >= 0.6 is 7.82 Å². The summed E-state index contributed by atoms with van der Waals surface area (Å²) in [6.45, 7) is 4.28. The molecular weight excluding hydrogens is 884 g/mol. The first-order valence-corrected chi connectivity index (χ1v) is 29.3. The second kappa shape index (κ2) is 45.4. The van der Waals surface area contributed by atoms with Gasteiger partial charge in [0.15, 0.2) is 0 Å². The third-order valence-corrected chi connectivity index (χ3v) is 14.0. The van der Waals surface area contributed by atoms with Crippen LogP contribution in [0.4, 0.5) is 0 Å². The molecule has 13 heteroatoms. The fourth-order valence-electron chi connectivity index (χ4n) is 8.56. The zero-order valence-corrected chi connectivity index (χ0v) is 44.1. The lowest BCUT2D eigenvalue weighted by atomic mass is 9.85. The first-order chi connectivity index (χ1) is 33.0. The predicted octanol–water partition coefficient (Wildman–Crippen LogP) is 13.0. The van der Waals surface area contributed by atoms with E-state index in [1.807, 2.05) is 0 Å². The number of unbranched alkanes of at least 4 members (excludes halogenated alkanes) is 30. The summed E-state index contributed by atoms with van der Waals surface area (Å²) in [4.78, 5) is 23.3. The van der Waals surface area contributed by atoms with Gasteiger partial charge in [0.2, 0.25) is 0 Å². The van der Waals surface area contributed by atoms with E-state index in [9.17, 15) is 39.8 Å². The number of phosphoric acid groups is 1. The quantitative estimate of drug-likeness (QED) is 0.0147. The summed E-state index contributed by atoms with van der Waals surface area (Å²) < 4.78 is 34.4. The minimum absolute atomic E-state index is 0.0777. The fraction of sp³-hybridized carbons (Fsp3) is 0.873. The van der Waals surface area contributed by atoms with E-state index < -0.39 is 63.1 Å². The fourth-order valence-corrected chi connectivity index (χ4v) is 9.53. The zero-order chi connectivity index (χ0) is 49.8. The Balaban J connectivity index is 2.30. The predicted molar refractivity (Wildman–Crippen MR) is 276 cm³/mol. The van der Waals surface area contributed by atoms with Crippen molar-refractivity contribution in [2.75, 3.05) is 19.8 Å². The Morgan fingerprint density at radius 1 is 0.471 bits per heavy atom. The number of phosphoric ester groups is 1. The van der Waals surface area contributed by atoms with Gasteiger partial charge < -0.3 is 39.9 Å². The number of esters is 1. The van der Waals surface area contributed by atoms with Gasteiger partial charge in [-0.25, -0.2) is 4.57 Å². The minimum Gasteiger partial charge on any atom is -0.457 e. The third-order valence-electron chi connectivity index (χ3n) is 13.0. The summed E-state index contributed by atoms with van der Waals surface area (Å²) in [6.07, 6.45) is 43.5. The lowest BCUT2D eigenvalue weighted by Gasteiger charge is -2.41. The SMILES string of the molecule is CCCCCCC/C=C\C/C=C\CCCCCCCCCCCCCC(=O)OC(COCCCCCCCCCC/C=C\CCCCCCCC)COP(=O)(O)OC1C(O)C(O)C(O)C(O)C1O. The van der Waals surface area contributed by atoms with E-state index >= 15 is 0 Å². The highest BCUT2D eigenvalue weighted by atomic mass is 31.2. The number of hydrogen-bond donors (Lipinski definition) is 6. The van der Waals surface area contributed by atoms with E-state index in [0.717, 1.165) is 44.9 Å². The summed E-state index contributed by atoms with van der Waals surface area (Å²) in [5, 5.41) is 50.4. The van der Waals surface area contributed by atoms with Crippen LogP contribution in [0, 0.1) is 0 Å². The average molecular weight is 987 g/mol.